The molecular formula is C9H12N2O2. The van der Waals surface area contributed by atoms with Gasteiger partial charge in [0.25, 0.3) is 5.56 Å². The third-order valence-corrected chi connectivity index (χ3v) is 2.12. The molecule has 0 amide bonds. The van der Waals surface area contributed by atoms with Crippen LogP contribution in [0.25, 0.3) is 0 Å². The van der Waals surface area contributed by atoms with Gasteiger partial charge in [-0.2, -0.15) is 0 Å². The predicted molar refractivity (Wildman–Crippen MR) is 47.7 cm³/mol. The molecule has 0 unspecified atom stereocenters. The van der Waals surface area contributed by atoms with E-state index in [0.717, 1.165) is 0 Å². The Morgan fingerprint density at radius 1 is 1.69 bits per heavy atom. The zero-order valence-corrected chi connectivity index (χ0v) is 7.56. The minimum Gasteiger partial charge on any atom is -0.477 e. The topological polar surface area (TPSA) is 44.1 Å². The number of hydrogen-bond donors (Lipinski definition) is 0. The molecule has 0 atom stereocenters. The Morgan fingerprint density at radius 3 is 3.08 bits per heavy atom. The molecule has 0 radical (unpaired) electrons. The number of nitrogens with zero attached hydrogens (tertiary/aromatic N) is 2. The molecule has 0 N–H and O–H groups in total. The monoisotopic (exact) mass is 180 g/mol. The van der Waals surface area contributed by atoms with Crippen LogP contribution in [0.2, 0.25) is 0 Å². The maximum atomic E-state index is 11.1. The molecule has 4 heteroatoms. The fourth-order valence-electron chi connectivity index (χ4n) is 1.01. The van der Waals surface area contributed by atoms with Gasteiger partial charge in [0, 0.05) is 7.05 Å². The van der Waals surface area contributed by atoms with Crippen LogP contribution in [-0.4, -0.2) is 16.2 Å². The van der Waals surface area contributed by atoms with Crippen LogP contribution < -0.4 is 10.3 Å². The Bertz CT molecular complexity index is 355. The quantitative estimate of drug-likeness (QED) is 0.683. The van der Waals surface area contributed by atoms with Crippen molar-refractivity contribution in [3.05, 3.63) is 22.7 Å². The van der Waals surface area contributed by atoms with E-state index in [4.69, 9.17) is 4.74 Å². The van der Waals surface area contributed by atoms with Crippen molar-refractivity contribution in [1.29, 1.82) is 0 Å². The first-order valence-corrected chi connectivity index (χ1v) is 4.41. The molecule has 1 saturated carbocycles. The average Bonchev–Trinajstić information content (AvgIpc) is 2.91. The lowest BCUT2D eigenvalue weighted by molar-refractivity contribution is 0.286. The summed E-state index contributed by atoms with van der Waals surface area (Å²) in [6.07, 6.45) is 3.96. The Hall–Kier alpha value is -1.32. The molecule has 1 aliphatic carbocycles. The van der Waals surface area contributed by atoms with Gasteiger partial charge in [0.1, 0.15) is 6.33 Å². The van der Waals surface area contributed by atoms with Crippen LogP contribution in [-0.2, 0) is 7.05 Å². The lowest BCUT2D eigenvalue weighted by atomic mass is 10.5. The summed E-state index contributed by atoms with van der Waals surface area (Å²) in [5, 5.41) is 0. The molecular weight excluding hydrogens is 168 g/mol. The van der Waals surface area contributed by atoms with Crippen molar-refractivity contribution in [3.8, 4) is 5.88 Å². The number of ether oxygens (including phenoxy) is 1. The predicted octanol–water partition coefficient (Wildman–Crippen LogP) is 0.569. The van der Waals surface area contributed by atoms with E-state index in [2.05, 4.69) is 4.98 Å². The highest BCUT2D eigenvalue weighted by molar-refractivity contribution is 5.05. The summed E-state index contributed by atoms with van der Waals surface area (Å²) >= 11 is 0. The zero-order chi connectivity index (χ0) is 9.26. The molecule has 1 fully saturated rings. The second-order valence-corrected chi connectivity index (χ2v) is 3.43. The first-order valence-electron chi connectivity index (χ1n) is 4.41. The fourth-order valence-corrected chi connectivity index (χ4v) is 1.01. The molecule has 0 aromatic carbocycles. The van der Waals surface area contributed by atoms with Crippen LogP contribution in [0, 0.1) is 5.92 Å². The molecule has 1 heterocycles. The van der Waals surface area contributed by atoms with Crippen molar-refractivity contribution in [3.63, 3.8) is 0 Å². The van der Waals surface area contributed by atoms with Gasteiger partial charge < -0.3 is 9.30 Å². The van der Waals surface area contributed by atoms with Crippen LogP contribution in [0.15, 0.2) is 17.2 Å². The van der Waals surface area contributed by atoms with Crippen LogP contribution in [0.3, 0.4) is 0 Å². The molecule has 0 aliphatic heterocycles. The summed E-state index contributed by atoms with van der Waals surface area (Å²) in [4.78, 5) is 15.1. The van der Waals surface area contributed by atoms with Gasteiger partial charge in [-0.3, -0.25) is 4.79 Å². The van der Waals surface area contributed by atoms with Gasteiger partial charge in [-0.1, -0.05) is 0 Å². The normalized spacial score (nSPS) is 15.8. The summed E-state index contributed by atoms with van der Waals surface area (Å²) in [5.41, 5.74) is -0.0826. The van der Waals surface area contributed by atoms with E-state index in [1.807, 2.05) is 0 Å². The second kappa shape index (κ2) is 3.20. The van der Waals surface area contributed by atoms with Gasteiger partial charge in [-0.05, 0) is 18.8 Å². The Labute approximate surface area is 76.2 Å². The SMILES string of the molecule is Cn1cnc(OCC2CC2)cc1=O. The smallest absolute Gasteiger partial charge is 0.256 e. The van der Waals surface area contributed by atoms with Gasteiger partial charge in [-0.15, -0.1) is 0 Å². The van der Waals surface area contributed by atoms with Crippen LogP contribution >= 0.6 is 0 Å². The van der Waals surface area contributed by atoms with Gasteiger partial charge in [0.2, 0.25) is 5.88 Å². The average molecular weight is 180 g/mol. The molecule has 1 aromatic rings. The summed E-state index contributed by atoms with van der Waals surface area (Å²) in [6, 6.07) is 1.42. The highest BCUT2D eigenvalue weighted by Crippen LogP contribution is 2.28. The van der Waals surface area contributed by atoms with Gasteiger partial charge >= 0.3 is 0 Å². The molecule has 1 aromatic heterocycles. The first-order chi connectivity index (χ1) is 6.25. The summed E-state index contributed by atoms with van der Waals surface area (Å²) < 4.78 is 6.76. The third kappa shape index (κ3) is 2.08. The maximum Gasteiger partial charge on any atom is 0.256 e. The highest BCUT2D eigenvalue weighted by atomic mass is 16.5. The van der Waals surface area contributed by atoms with Gasteiger partial charge in [0.15, 0.2) is 0 Å². The number of aromatic nitrogens is 2. The molecule has 70 valence electrons. The van der Waals surface area contributed by atoms with Crippen molar-refractivity contribution in [2.24, 2.45) is 13.0 Å². The molecule has 1 aliphatic rings. The lowest BCUT2D eigenvalue weighted by Gasteiger charge is -2.03. The highest BCUT2D eigenvalue weighted by Gasteiger charge is 2.22. The number of rotatable bonds is 3. The minimum atomic E-state index is -0.0826. The molecule has 0 saturated heterocycles. The van der Waals surface area contributed by atoms with E-state index in [9.17, 15) is 4.79 Å². The zero-order valence-electron chi connectivity index (χ0n) is 7.56. The molecule has 0 spiro atoms. The van der Waals surface area contributed by atoms with Gasteiger partial charge in [0.05, 0.1) is 12.7 Å². The fraction of sp³-hybridized carbons (Fsp3) is 0.556. The van der Waals surface area contributed by atoms with Crippen molar-refractivity contribution in [2.45, 2.75) is 12.8 Å². The third-order valence-electron chi connectivity index (χ3n) is 2.12. The van der Waals surface area contributed by atoms with E-state index in [0.29, 0.717) is 18.4 Å². The summed E-state index contributed by atoms with van der Waals surface area (Å²) in [5.74, 6) is 1.13. The van der Waals surface area contributed by atoms with Crippen molar-refractivity contribution < 1.29 is 4.74 Å². The molecule has 2 rings (SSSR count). The minimum absolute atomic E-state index is 0.0826. The molecule has 0 bridgehead atoms. The van der Waals surface area contributed by atoms with E-state index < -0.39 is 0 Å². The molecule has 13 heavy (non-hydrogen) atoms. The van der Waals surface area contributed by atoms with Gasteiger partial charge in [-0.25, -0.2) is 4.98 Å². The standard InChI is InChI=1S/C9H12N2O2/c1-11-6-10-8(4-9(11)12)13-5-7-2-3-7/h4,6-7H,2-3,5H2,1H3. The van der Waals surface area contributed by atoms with Crippen LogP contribution in [0.1, 0.15) is 12.8 Å². The molecule has 4 nitrogen and oxygen atoms in total. The van der Waals surface area contributed by atoms with E-state index >= 15 is 0 Å². The van der Waals surface area contributed by atoms with E-state index in [-0.39, 0.29) is 5.56 Å². The van der Waals surface area contributed by atoms with E-state index in [1.165, 1.54) is 29.8 Å². The first kappa shape index (κ1) is 8.29. The number of hydrogen-bond acceptors (Lipinski definition) is 3. The van der Waals surface area contributed by atoms with E-state index in [1.54, 1.807) is 7.05 Å². The van der Waals surface area contributed by atoms with Crippen LogP contribution in [0.4, 0.5) is 0 Å². The van der Waals surface area contributed by atoms with Crippen molar-refractivity contribution >= 4 is 0 Å². The lowest BCUT2D eigenvalue weighted by Crippen LogP contribution is -2.16. The van der Waals surface area contributed by atoms with Crippen LogP contribution in [0.5, 0.6) is 5.88 Å². The largest absolute Gasteiger partial charge is 0.477 e. The Morgan fingerprint density at radius 2 is 2.46 bits per heavy atom. The Kier molecular flexibility index (Phi) is 2.04. The van der Waals surface area contributed by atoms with Crippen molar-refractivity contribution in [2.75, 3.05) is 6.61 Å². The summed E-state index contributed by atoms with van der Waals surface area (Å²) in [7, 11) is 1.67. The van der Waals surface area contributed by atoms with Crippen molar-refractivity contribution in [1.82, 2.24) is 9.55 Å². The summed E-state index contributed by atoms with van der Waals surface area (Å²) in [6.45, 7) is 0.695. The Balaban J connectivity index is 2.03. The maximum absolute atomic E-state index is 11.1. The second-order valence-electron chi connectivity index (χ2n) is 3.43. The number of aryl methyl sites for hydroxylation is 1.